The van der Waals surface area contributed by atoms with Gasteiger partial charge in [0.15, 0.2) is 11.0 Å². The molecule has 3 rings (SSSR count). The molecular formula is C21H21N3O2S. The number of carbonyl (C=O) groups is 2. The summed E-state index contributed by atoms with van der Waals surface area (Å²) in [7, 11) is 0. The normalized spacial score (nSPS) is 17.5. The van der Waals surface area contributed by atoms with Crippen molar-refractivity contribution in [2.45, 2.75) is 27.2 Å². The van der Waals surface area contributed by atoms with Gasteiger partial charge in [-0.05, 0) is 61.8 Å². The summed E-state index contributed by atoms with van der Waals surface area (Å²) in [5.41, 5.74) is 4.63. The van der Waals surface area contributed by atoms with Crippen LogP contribution in [0.15, 0.2) is 47.5 Å². The van der Waals surface area contributed by atoms with Crippen molar-refractivity contribution in [2.75, 3.05) is 4.90 Å². The Hall–Kier alpha value is -2.86. The van der Waals surface area contributed by atoms with E-state index in [2.05, 4.69) is 17.2 Å². The molecule has 27 heavy (non-hydrogen) atoms. The molecule has 0 saturated carbocycles. The zero-order chi connectivity index (χ0) is 19.6. The molecular weight excluding hydrogens is 358 g/mol. The van der Waals surface area contributed by atoms with Crippen LogP contribution in [-0.4, -0.2) is 23.1 Å². The second kappa shape index (κ2) is 7.80. The van der Waals surface area contributed by atoms with Crippen molar-refractivity contribution in [2.24, 2.45) is 10.9 Å². The number of amides is 2. The lowest BCUT2D eigenvalue weighted by atomic mass is 10.0. The molecule has 1 saturated heterocycles. The third-order valence-electron chi connectivity index (χ3n) is 4.52. The number of nitrogens with zero attached hydrogens (tertiary/aromatic N) is 2. The first-order valence-electron chi connectivity index (χ1n) is 8.80. The van der Waals surface area contributed by atoms with Gasteiger partial charge < -0.3 is 5.32 Å². The molecule has 1 aliphatic rings. The van der Waals surface area contributed by atoms with E-state index in [-0.39, 0.29) is 5.11 Å². The van der Waals surface area contributed by atoms with Crippen molar-refractivity contribution < 1.29 is 9.59 Å². The molecule has 1 atom stereocenters. The maximum atomic E-state index is 12.9. The summed E-state index contributed by atoms with van der Waals surface area (Å²) in [5, 5.41) is 2.69. The molecule has 1 heterocycles. The van der Waals surface area contributed by atoms with Crippen LogP contribution in [0.3, 0.4) is 0 Å². The topological polar surface area (TPSA) is 61.8 Å². The molecule has 1 aliphatic heterocycles. The molecule has 0 unspecified atom stereocenters. The van der Waals surface area contributed by atoms with Gasteiger partial charge in [0.05, 0.1) is 11.4 Å². The highest BCUT2D eigenvalue weighted by atomic mass is 32.1. The van der Waals surface area contributed by atoms with E-state index in [0.717, 1.165) is 28.8 Å². The Labute approximate surface area is 164 Å². The van der Waals surface area contributed by atoms with Crippen LogP contribution in [0.4, 0.5) is 11.4 Å². The van der Waals surface area contributed by atoms with Crippen molar-refractivity contribution in [3.63, 3.8) is 0 Å². The number of nitrogens with one attached hydrogen (secondary N) is 1. The van der Waals surface area contributed by atoms with Crippen LogP contribution in [0.5, 0.6) is 0 Å². The molecule has 0 radical (unpaired) electrons. The second-order valence-corrected chi connectivity index (χ2v) is 6.92. The van der Waals surface area contributed by atoms with Crippen molar-refractivity contribution in [3.8, 4) is 0 Å². The standard InChI is InChI=1S/C21H21N3O2S/c1-4-15-6-8-16(9-7-15)24-20(26)17(19(25)23-21(24)27)12-22-18-10-5-13(2)11-14(18)3/h5-12,17H,4H2,1-3H3,(H,23,25,27)/t17-/m1/s1. The van der Waals surface area contributed by atoms with Gasteiger partial charge in [-0.1, -0.05) is 36.8 Å². The molecule has 5 nitrogen and oxygen atoms in total. The van der Waals surface area contributed by atoms with Crippen molar-refractivity contribution in [1.29, 1.82) is 0 Å². The molecule has 6 heteroatoms. The molecule has 2 amide bonds. The number of hydrogen-bond donors (Lipinski definition) is 1. The summed E-state index contributed by atoms with van der Waals surface area (Å²) < 4.78 is 0. The fourth-order valence-electron chi connectivity index (χ4n) is 2.95. The fourth-order valence-corrected chi connectivity index (χ4v) is 3.25. The van der Waals surface area contributed by atoms with Gasteiger partial charge in [-0.2, -0.15) is 0 Å². The van der Waals surface area contributed by atoms with Gasteiger partial charge in [0.2, 0.25) is 5.91 Å². The summed E-state index contributed by atoms with van der Waals surface area (Å²) in [6.45, 7) is 6.01. The first-order chi connectivity index (χ1) is 12.9. The number of benzene rings is 2. The van der Waals surface area contributed by atoms with Gasteiger partial charge in [0.25, 0.3) is 5.91 Å². The molecule has 138 valence electrons. The van der Waals surface area contributed by atoms with E-state index >= 15 is 0 Å². The van der Waals surface area contributed by atoms with Crippen LogP contribution in [0.25, 0.3) is 0 Å². The Morgan fingerprint density at radius 3 is 2.48 bits per heavy atom. The van der Waals surface area contributed by atoms with Crippen LogP contribution in [0.1, 0.15) is 23.6 Å². The highest BCUT2D eigenvalue weighted by Crippen LogP contribution is 2.23. The van der Waals surface area contributed by atoms with E-state index < -0.39 is 17.7 Å². The van der Waals surface area contributed by atoms with E-state index in [1.54, 1.807) is 0 Å². The largest absolute Gasteiger partial charge is 0.301 e. The average molecular weight is 379 g/mol. The van der Waals surface area contributed by atoms with E-state index in [0.29, 0.717) is 5.69 Å². The van der Waals surface area contributed by atoms with Crippen LogP contribution < -0.4 is 10.2 Å². The van der Waals surface area contributed by atoms with E-state index in [9.17, 15) is 9.59 Å². The zero-order valence-electron chi connectivity index (χ0n) is 15.5. The number of anilines is 1. The minimum atomic E-state index is -1.02. The Bertz CT molecular complexity index is 935. The SMILES string of the molecule is CCc1ccc(N2C(=O)[C@H](C=Nc3ccc(C)cc3C)C(=O)NC2=S)cc1. The fraction of sp³-hybridized carbons (Fsp3) is 0.238. The van der Waals surface area contributed by atoms with Crippen LogP contribution in [0.2, 0.25) is 0 Å². The maximum absolute atomic E-state index is 12.9. The number of aliphatic imine (C=N–C) groups is 1. The summed E-state index contributed by atoms with van der Waals surface area (Å²) >= 11 is 5.22. The molecule has 2 aromatic rings. The Kier molecular flexibility index (Phi) is 5.46. The highest BCUT2D eigenvalue weighted by Gasteiger charge is 2.38. The third-order valence-corrected chi connectivity index (χ3v) is 4.80. The van der Waals surface area contributed by atoms with Gasteiger partial charge in [-0.15, -0.1) is 0 Å². The van der Waals surface area contributed by atoms with Crippen LogP contribution >= 0.6 is 12.2 Å². The van der Waals surface area contributed by atoms with Gasteiger partial charge in [-0.3, -0.25) is 19.5 Å². The molecule has 1 fully saturated rings. The number of aryl methyl sites for hydroxylation is 3. The summed E-state index contributed by atoms with van der Waals surface area (Å²) in [4.78, 5) is 31.0. The number of hydrogen-bond acceptors (Lipinski definition) is 4. The Morgan fingerprint density at radius 2 is 1.85 bits per heavy atom. The third kappa shape index (κ3) is 3.95. The van der Waals surface area contributed by atoms with Crippen LogP contribution in [0, 0.1) is 19.8 Å². The number of carbonyl (C=O) groups excluding carboxylic acids is 2. The summed E-state index contributed by atoms with van der Waals surface area (Å²) in [5.74, 6) is -1.88. The summed E-state index contributed by atoms with van der Waals surface area (Å²) in [6.07, 6.45) is 2.30. The quantitative estimate of drug-likeness (QED) is 0.501. The smallest absolute Gasteiger partial charge is 0.251 e. The second-order valence-electron chi connectivity index (χ2n) is 6.53. The van der Waals surface area contributed by atoms with Gasteiger partial charge >= 0.3 is 0 Å². The number of rotatable bonds is 4. The molecule has 2 aromatic carbocycles. The summed E-state index contributed by atoms with van der Waals surface area (Å²) in [6, 6.07) is 13.4. The molecule has 0 aromatic heterocycles. The van der Waals surface area contributed by atoms with Crippen molar-refractivity contribution in [3.05, 3.63) is 59.2 Å². The molecule has 0 spiro atoms. The predicted molar refractivity (Wildman–Crippen MR) is 112 cm³/mol. The minimum Gasteiger partial charge on any atom is -0.301 e. The van der Waals surface area contributed by atoms with Crippen molar-refractivity contribution >= 4 is 46.7 Å². The van der Waals surface area contributed by atoms with Gasteiger partial charge in [-0.25, -0.2) is 0 Å². The van der Waals surface area contributed by atoms with E-state index in [4.69, 9.17) is 12.2 Å². The monoisotopic (exact) mass is 379 g/mol. The zero-order valence-corrected chi connectivity index (χ0v) is 16.3. The maximum Gasteiger partial charge on any atom is 0.251 e. The minimum absolute atomic E-state index is 0.0883. The first kappa shape index (κ1) is 18.9. The number of thiocarbonyl (C=S) groups is 1. The Morgan fingerprint density at radius 1 is 1.15 bits per heavy atom. The highest BCUT2D eigenvalue weighted by molar-refractivity contribution is 7.80. The lowest BCUT2D eigenvalue weighted by Crippen LogP contribution is -2.58. The average Bonchev–Trinajstić information content (AvgIpc) is 2.63. The molecule has 0 bridgehead atoms. The lowest BCUT2D eigenvalue weighted by molar-refractivity contribution is -0.130. The van der Waals surface area contributed by atoms with Gasteiger partial charge in [0.1, 0.15) is 0 Å². The Balaban J connectivity index is 1.88. The molecule has 1 N–H and O–H groups in total. The first-order valence-corrected chi connectivity index (χ1v) is 9.20. The van der Waals surface area contributed by atoms with Gasteiger partial charge in [0, 0.05) is 6.21 Å². The van der Waals surface area contributed by atoms with Crippen molar-refractivity contribution in [1.82, 2.24) is 5.32 Å². The van der Waals surface area contributed by atoms with E-state index in [1.165, 1.54) is 11.1 Å². The lowest BCUT2D eigenvalue weighted by Gasteiger charge is -2.31. The molecule has 0 aliphatic carbocycles. The predicted octanol–water partition coefficient (Wildman–Crippen LogP) is 3.63. The van der Waals surface area contributed by atoms with E-state index in [1.807, 2.05) is 56.3 Å². The van der Waals surface area contributed by atoms with Crippen LogP contribution in [-0.2, 0) is 16.0 Å².